The summed E-state index contributed by atoms with van der Waals surface area (Å²) < 4.78 is 0. The number of aryl methyl sites for hydroxylation is 2. The molecule has 0 amide bonds. The fourth-order valence-electron chi connectivity index (χ4n) is 5.49. The summed E-state index contributed by atoms with van der Waals surface area (Å²) in [5, 5.41) is 0. The summed E-state index contributed by atoms with van der Waals surface area (Å²) >= 11 is 0. The van der Waals surface area contributed by atoms with Gasteiger partial charge in [-0.1, -0.05) is 158 Å². The van der Waals surface area contributed by atoms with E-state index in [0.717, 1.165) is 12.8 Å². The Morgan fingerprint density at radius 1 is 0.263 bits per heavy atom. The minimum Gasteiger partial charge on any atom is -0.0622 e. The molecule has 38 heavy (non-hydrogen) atoms. The van der Waals surface area contributed by atoms with Gasteiger partial charge in [0, 0.05) is 0 Å². The number of benzene rings is 6. The number of rotatable bonds is 7. The maximum Gasteiger partial charge on any atom is -0.00732 e. The van der Waals surface area contributed by atoms with E-state index in [9.17, 15) is 0 Å². The maximum atomic E-state index is 2.30. The van der Waals surface area contributed by atoms with E-state index >= 15 is 0 Å². The topological polar surface area (TPSA) is 0 Å². The van der Waals surface area contributed by atoms with E-state index in [1.54, 1.807) is 0 Å². The number of hydrogen-bond acceptors (Lipinski definition) is 0. The molecule has 0 aliphatic carbocycles. The summed E-state index contributed by atoms with van der Waals surface area (Å²) in [4.78, 5) is 0. The third kappa shape index (κ3) is 4.94. The Hall–Kier alpha value is -4.68. The molecule has 0 bridgehead atoms. The van der Waals surface area contributed by atoms with Gasteiger partial charge in [-0.05, 0) is 68.5 Å². The molecule has 0 heterocycles. The zero-order valence-electron chi connectivity index (χ0n) is 21.4. The van der Waals surface area contributed by atoms with Crippen LogP contribution in [0, 0.1) is 0 Å². The molecule has 0 N–H and O–H groups in total. The van der Waals surface area contributed by atoms with Crippen molar-refractivity contribution in [3.8, 4) is 44.5 Å². The second kappa shape index (κ2) is 11.2. The fourth-order valence-corrected chi connectivity index (χ4v) is 5.49. The molecular weight excluding hydrogens is 456 g/mol. The third-order valence-electron chi connectivity index (χ3n) is 7.26. The smallest absolute Gasteiger partial charge is 0.00732 e. The van der Waals surface area contributed by atoms with Gasteiger partial charge in [-0.2, -0.15) is 0 Å². The van der Waals surface area contributed by atoms with Gasteiger partial charge >= 0.3 is 0 Å². The summed E-state index contributed by atoms with van der Waals surface area (Å²) in [6, 6.07) is 56.7. The highest BCUT2D eigenvalue weighted by Crippen LogP contribution is 2.38. The van der Waals surface area contributed by atoms with Gasteiger partial charge < -0.3 is 0 Å². The largest absolute Gasteiger partial charge is 0.0622 e. The van der Waals surface area contributed by atoms with Crippen molar-refractivity contribution in [2.24, 2.45) is 0 Å². The SMILES string of the molecule is c1ccc(-c2cccc(CCc3cccc(-c4ccccc4)c3-c3ccccc3)c2-c2ccccc2)cc1. The van der Waals surface area contributed by atoms with Crippen LogP contribution in [0.2, 0.25) is 0 Å². The van der Waals surface area contributed by atoms with E-state index in [0.29, 0.717) is 0 Å². The standard InChI is InChI=1S/C38H30/c1-5-15-29(16-6-1)35-25-13-23-33(37(35)31-19-9-3-10-20-31)27-28-34-24-14-26-36(30-17-7-2-8-18-30)38(34)32-21-11-4-12-22-32/h1-26H,27-28H2. The lowest BCUT2D eigenvalue weighted by Gasteiger charge is -2.18. The first-order chi connectivity index (χ1) is 18.9. The van der Waals surface area contributed by atoms with Crippen LogP contribution in [0.1, 0.15) is 11.1 Å². The monoisotopic (exact) mass is 486 g/mol. The van der Waals surface area contributed by atoms with Crippen molar-refractivity contribution in [1.82, 2.24) is 0 Å². The van der Waals surface area contributed by atoms with Crippen molar-refractivity contribution in [3.63, 3.8) is 0 Å². The van der Waals surface area contributed by atoms with E-state index in [4.69, 9.17) is 0 Å². The zero-order valence-corrected chi connectivity index (χ0v) is 21.4. The van der Waals surface area contributed by atoms with Crippen molar-refractivity contribution in [3.05, 3.63) is 169 Å². The Bertz CT molecular complexity index is 1490. The molecule has 0 spiro atoms. The van der Waals surface area contributed by atoms with Crippen molar-refractivity contribution in [2.75, 3.05) is 0 Å². The predicted octanol–water partition coefficient (Wildman–Crippen LogP) is 10.1. The van der Waals surface area contributed by atoms with Gasteiger partial charge in [0.2, 0.25) is 0 Å². The van der Waals surface area contributed by atoms with E-state index < -0.39 is 0 Å². The van der Waals surface area contributed by atoms with Crippen LogP contribution in [-0.2, 0) is 12.8 Å². The summed E-state index contributed by atoms with van der Waals surface area (Å²) in [5.74, 6) is 0. The molecule has 0 nitrogen and oxygen atoms in total. The second-order valence-corrected chi connectivity index (χ2v) is 9.64. The Kier molecular flexibility index (Phi) is 6.96. The van der Waals surface area contributed by atoms with Crippen LogP contribution in [-0.4, -0.2) is 0 Å². The summed E-state index contributed by atoms with van der Waals surface area (Å²) in [5.41, 5.74) is 13.0. The van der Waals surface area contributed by atoms with Crippen molar-refractivity contribution in [1.29, 1.82) is 0 Å². The minimum absolute atomic E-state index is 0.961. The average Bonchev–Trinajstić information content (AvgIpc) is 3.01. The van der Waals surface area contributed by atoms with Gasteiger partial charge in [0.15, 0.2) is 0 Å². The van der Waals surface area contributed by atoms with Gasteiger partial charge in [-0.3, -0.25) is 0 Å². The Morgan fingerprint density at radius 3 is 0.921 bits per heavy atom. The van der Waals surface area contributed by atoms with Crippen molar-refractivity contribution >= 4 is 0 Å². The summed E-state index contributed by atoms with van der Waals surface area (Å²) in [6.07, 6.45) is 1.92. The van der Waals surface area contributed by atoms with Gasteiger partial charge in [0.05, 0.1) is 0 Å². The molecule has 0 saturated carbocycles. The second-order valence-electron chi connectivity index (χ2n) is 9.64. The Labute approximate surface area is 225 Å². The molecule has 0 unspecified atom stereocenters. The van der Waals surface area contributed by atoms with Crippen LogP contribution in [0.3, 0.4) is 0 Å². The lowest BCUT2D eigenvalue weighted by Crippen LogP contribution is -1.99. The number of hydrogen-bond donors (Lipinski definition) is 0. The molecule has 0 aromatic heterocycles. The molecule has 6 rings (SSSR count). The van der Waals surface area contributed by atoms with Crippen LogP contribution in [0.15, 0.2) is 158 Å². The van der Waals surface area contributed by atoms with E-state index in [-0.39, 0.29) is 0 Å². The first-order valence-electron chi connectivity index (χ1n) is 13.3. The van der Waals surface area contributed by atoms with E-state index in [1.165, 1.54) is 55.6 Å². The maximum absolute atomic E-state index is 2.30. The average molecular weight is 487 g/mol. The van der Waals surface area contributed by atoms with Gasteiger partial charge in [0.1, 0.15) is 0 Å². The molecule has 0 radical (unpaired) electrons. The van der Waals surface area contributed by atoms with Gasteiger partial charge in [-0.25, -0.2) is 0 Å². The molecular formula is C38H30. The predicted molar refractivity (Wildman–Crippen MR) is 162 cm³/mol. The molecule has 6 aromatic rings. The fraction of sp³-hybridized carbons (Fsp3) is 0.0526. The van der Waals surface area contributed by atoms with Crippen LogP contribution >= 0.6 is 0 Å². The van der Waals surface area contributed by atoms with Crippen molar-refractivity contribution < 1.29 is 0 Å². The van der Waals surface area contributed by atoms with Crippen LogP contribution in [0.4, 0.5) is 0 Å². The Morgan fingerprint density at radius 2 is 0.579 bits per heavy atom. The molecule has 0 heteroatoms. The first-order valence-corrected chi connectivity index (χ1v) is 13.3. The van der Waals surface area contributed by atoms with Crippen LogP contribution in [0.25, 0.3) is 44.5 Å². The highest BCUT2D eigenvalue weighted by molar-refractivity contribution is 5.87. The normalized spacial score (nSPS) is 10.8. The van der Waals surface area contributed by atoms with Crippen molar-refractivity contribution in [2.45, 2.75) is 12.8 Å². The molecule has 0 atom stereocenters. The summed E-state index contributed by atoms with van der Waals surface area (Å²) in [6.45, 7) is 0. The lowest BCUT2D eigenvalue weighted by molar-refractivity contribution is 0.964. The van der Waals surface area contributed by atoms with E-state index in [2.05, 4.69) is 158 Å². The molecule has 0 aliphatic rings. The zero-order chi connectivity index (χ0) is 25.6. The van der Waals surface area contributed by atoms with Gasteiger partial charge in [0.25, 0.3) is 0 Å². The molecule has 182 valence electrons. The molecule has 0 aliphatic heterocycles. The van der Waals surface area contributed by atoms with Gasteiger partial charge in [-0.15, -0.1) is 0 Å². The first kappa shape index (κ1) is 23.7. The molecule has 0 saturated heterocycles. The molecule has 6 aromatic carbocycles. The lowest BCUT2D eigenvalue weighted by atomic mass is 9.85. The Balaban J connectivity index is 1.45. The highest BCUT2D eigenvalue weighted by atomic mass is 14.2. The quantitative estimate of drug-likeness (QED) is 0.210. The summed E-state index contributed by atoms with van der Waals surface area (Å²) in [7, 11) is 0. The third-order valence-corrected chi connectivity index (χ3v) is 7.26. The van der Waals surface area contributed by atoms with E-state index in [1.807, 2.05) is 0 Å². The van der Waals surface area contributed by atoms with Crippen LogP contribution < -0.4 is 0 Å². The highest BCUT2D eigenvalue weighted by Gasteiger charge is 2.15. The van der Waals surface area contributed by atoms with Crippen LogP contribution in [0.5, 0.6) is 0 Å². The minimum atomic E-state index is 0.961. The molecule has 0 fully saturated rings.